The van der Waals surface area contributed by atoms with Gasteiger partial charge in [0.15, 0.2) is 0 Å². The van der Waals surface area contributed by atoms with Crippen molar-refractivity contribution in [3.8, 4) is 11.1 Å². The van der Waals surface area contributed by atoms with Crippen molar-refractivity contribution < 1.29 is 14.3 Å². The standard InChI is InChI=1S/C22H21FN2O2/c1-22(27,15-24-21(26)25-20-13-11-19(23)12-14-20)18-9-7-17(8-10-18)16-5-3-2-4-6-16/h2-14,27H,15H2,1H3,(H2,24,25,26). The molecule has 0 aromatic heterocycles. The molecule has 1 unspecified atom stereocenters. The van der Waals surface area contributed by atoms with E-state index >= 15 is 0 Å². The third-order valence-corrected chi connectivity index (χ3v) is 4.31. The molecule has 0 heterocycles. The van der Waals surface area contributed by atoms with Crippen molar-refractivity contribution in [2.45, 2.75) is 12.5 Å². The SMILES string of the molecule is CC(O)(CNC(=O)Nc1ccc(F)cc1)c1ccc(-c2ccccc2)cc1. The molecule has 27 heavy (non-hydrogen) atoms. The molecule has 0 aliphatic rings. The number of carbonyl (C=O) groups is 1. The van der Waals surface area contributed by atoms with Gasteiger partial charge in [0.2, 0.25) is 0 Å². The van der Waals surface area contributed by atoms with Crippen molar-refractivity contribution in [3.05, 3.63) is 90.2 Å². The molecule has 0 spiro atoms. The van der Waals surface area contributed by atoms with E-state index in [0.29, 0.717) is 11.3 Å². The molecule has 3 aromatic rings. The van der Waals surface area contributed by atoms with Crippen molar-refractivity contribution in [2.75, 3.05) is 11.9 Å². The summed E-state index contributed by atoms with van der Waals surface area (Å²) < 4.78 is 12.9. The minimum atomic E-state index is -1.23. The summed E-state index contributed by atoms with van der Waals surface area (Å²) >= 11 is 0. The molecule has 3 rings (SSSR count). The van der Waals surface area contributed by atoms with Crippen LogP contribution in [0.1, 0.15) is 12.5 Å². The molecule has 0 radical (unpaired) electrons. The zero-order valence-electron chi connectivity index (χ0n) is 14.9. The summed E-state index contributed by atoms with van der Waals surface area (Å²) in [5, 5.41) is 15.9. The zero-order chi connectivity index (χ0) is 19.3. The van der Waals surface area contributed by atoms with E-state index in [4.69, 9.17) is 0 Å². The van der Waals surface area contributed by atoms with Gasteiger partial charge < -0.3 is 15.7 Å². The number of nitrogens with one attached hydrogen (secondary N) is 2. The van der Waals surface area contributed by atoms with Gasteiger partial charge in [-0.2, -0.15) is 0 Å². The van der Waals surface area contributed by atoms with Crippen molar-refractivity contribution in [1.29, 1.82) is 0 Å². The smallest absolute Gasteiger partial charge is 0.319 e. The Hall–Kier alpha value is -3.18. The molecule has 138 valence electrons. The number of rotatable bonds is 5. The predicted molar refractivity (Wildman–Crippen MR) is 105 cm³/mol. The lowest BCUT2D eigenvalue weighted by Crippen LogP contribution is -2.40. The topological polar surface area (TPSA) is 61.4 Å². The van der Waals surface area contributed by atoms with Crippen LogP contribution in [0.25, 0.3) is 11.1 Å². The van der Waals surface area contributed by atoms with Gasteiger partial charge in [0.05, 0.1) is 6.54 Å². The van der Waals surface area contributed by atoms with Crippen LogP contribution in [-0.4, -0.2) is 17.7 Å². The molecule has 0 fully saturated rings. The first-order chi connectivity index (χ1) is 12.9. The molecule has 2 amide bonds. The number of amides is 2. The van der Waals surface area contributed by atoms with Gasteiger partial charge in [-0.3, -0.25) is 0 Å². The quantitative estimate of drug-likeness (QED) is 0.623. The molecular weight excluding hydrogens is 343 g/mol. The van der Waals surface area contributed by atoms with Gasteiger partial charge in [-0.05, 0) is 47.9 Å². The first kappa shape index (κ1) is 18.6. The maximum atomic E-state index is 12.9. The number of halogens is 1. The average Bonchev–Trinajstić information content (AvgIpc) is 2.69. The Morgan fingerprint density at radius 3 is 2.15 bits per heavy atom. The van der Waals surface area contributed by atoms with E-state index in [0.717, 1.165) is 11.1 Å². The molecule has 5 heteroatoms. The summed E-state index contributed by atoms with van der Waals surface area (Å²) in [6.07, 6.45) is 0. The van der Waals surface area contributed by atoms with E-state index in [2.05, 4.69) is 10.6 Å². The van der Waals surface area contributed by atoms with E-state index in [1.54, 1.807) is 6.92 Å². The first-order valence-corrected chi connectivity index (χ1v) is 8.63. The summed E-state index contributed by atoms with van der Waals surface area (Å²) in [5.41, 5.74) is 2.10. The second-order valence-corrected chi connectivity index (χ2v) is 6.53. The number of hydrogen-bond donors (Lipinski definition) is 3. The van der Waals surface area contributed by atoms with Gasteiger partial charge in [-0.15, -0.1) is 0 Å². The van der Waals surface area contributed by atoms with Crippen LogP contribution < -0.4 is 10.6 Å². The molecule has 0 aliphatic carbocycles. The summed E-state index contributed by atoms with van der Waals surface area (Å²) in [6.45, 7) is 1.67. The second-order valence-electron chi connectivity index (χ2n) is 6.53. The van der Waals surface area contributed by atoms with E-state index < -0.39 is 11.6 Å². The molecule has 1 atom stereocenters. The maximum absolute atomic E-state index is 12.9. The molecule has 0 bridgehead atoms. The largest absolute Gasteiger partial charge is 0.384 e. The number of benzene rings is 3. The van der Waals surface area contributed by atoms with Crippen molar-refractivity contribution in [3.63, 3.8) is 0 Å². The highest BCUT2D eigenvalue weighted by molar-refractivity contribution is 5.89. The van der Waals surface area contributed by atoms with E-state index in [9.17, 15) is 14.3 Å². The van der Waals surface area contributed by atoms with Crippen LogP contribution in [0.4, 0.5) is 14.9 Å². The van der Waals surface area contributed by atoms with Crippen molar-refractivity contribution >= 4 is 11.7 Å². The molecule has 3 aromatic carbocycles. The Bertz CT molecular complexity index is 892. The number of anilines is 1. The Morgan fingerprint density at radius 2 is 1.52 bits per heavy atom. The number of hydrogen-bond acceptors (Lipinski definition) is 2. The summed E-state index contributed by atoms with van der Waals surface area (Å²) in [7, 11) is 0. The van der Waals surface area contributed by atoms with E-state index in [1.807, 2.05) is 54.6 Å². The van der Waals surface area contributed by atoms with Crippen LogP contribution in [-0.2, 0) is 5.60 Å². The normalized spacial score (nSPS) is 12.9. The molecule has 0 saturated carbocycles. The van der Waals surface area contributed by atoms with Crippen LogP contribution in [0.5, 0.6) is 0 Å². The third kappa shape index (κ3) is 4.92. The lowest BCUT2D eigenvalue weighted by Gasteiger charge is -2.24. The number of carbonyl (C=O) groups excluding carboxylic acids is 1. The van der Waals surface area contributed by atoms with E-state index in [1.165, 1.54) is 24.3 Å². The van der Waals surface area contributed by atoms with Gasteiger partial charge in [0.25, 0.3) is 0 Å². The Morgan fingerprint density at radius 1 is 0.926 bits per heavy atom. The van der Waals surface area contributed by atoms with Crippen LogP contribution >= 0.6 is 0 Å². The van der Waals surface area contributed by atoms with E-state index in [-0.39, 0.29) is 12.4 Å². The zero-order valence-corrected chi connectivity index (χ0v) is 14.9. The van der Waals surface area contributed by atoms with Gasteiger partial charge in [0.1, 0.15) is 11.4 Å². The highest BCUT2D eigenvalue weighted by Crippen LogP contribution is 2.24. The first-order valence-electron chi connectivity index (χ1n) is 8.63. The van der Waals surface area contributed by atoms with Crippen molar-refractivity contribution in [2.24, 2.45) is 0 Å². The lowest BCUT2D eigenvalue weighted by atomic mass is 9.94. The van der Waals surface area contributed by atoms with Crippen LogP contribution in [0.2, 0.25) is 0 Å². The third-order valence-electron chi connectivity index (χ3n) is 4.31. The number of aliphatic hydroxyl groups is 1. The van der Waals surface area contributed by atoms with Crippen molar-refractivity contribution in [1.82, 2.24) is 5.32 Å². The van der Waals surface area contributed by atoms with Crippen LogP contribution in [0, 0.1) is 5.82 Å². The fourth-order valence-corrected chi connectivity index (χ4v) is 2.72. The summed E-state index contributed by atoms with van der Waals surface area (Å²) in [5.74, 6) is -0.372. The fourth-order valence-electron chi connectivity index (χ4n) is 2.72. The monoisotopic (exact) mass is 364 g/mol. The van der Waals surface area contributed by atoms with Gasteiger partial charge in [-0.25, -0.2) is 9.18 Å². The predicted octanol–water partition coefficient (Wildman–Crippen LogP) is 4.52. The highest BCUT2D eigenvalue weighted by Gasteiger charge is 2.23. The van der Waals surface area contributed by atoms with Gasteiger partial charge >= 0.3 is 6.03 Å². The molecule has 0 aliphatic heterocycles. The van der Waals surface area contributed by atoms with Gasteiger partial charge in [0, 0.05) is 5.69 Å². The van der Waals surface area contributed by atoms with Gasteiger partial charge in [-0.1, -0.05) is 54.6 Å². The number of urea groups is 1. The van der Waals surface area contributed by atoms with Crippen LogP contribution in [0.15, 0.2) is 78.9 Å². The molecule has 4 nitrogen and oxygen atoms in total. The Kier molecular flexibility index (Phi) is 5.52. The average molecular weight is 364 g/mol. The highest BCUT2D eigenvalue weighted by atomic mass is 19.1. The molecule has 3 N–H and O–H groups in total. The fraction of sp³-hybridized carbons (Fsp3) is 0.136. The van der Waals surface area contributed by atoms with Crippen LogP contribution in [0.3, 0.4) is 0 Å². The minimum absolute atomic E-state index is 0.0325. The Labute approximate surface area is 157 Å². The molecule has 0 saturated heterocycles. The maximum Gasteiger partial charge on any atom is 0.319 e. The summed E-state index contributed by atoms with van der Waals surface area (Å²) in [4.78, 5) is 12.0. The second kappa shape index (κ2) is 8.01. The minimum Gasteiger partial charge on any atom is -0.384 e. The lowest BCUT2D eigenvalue weighted by molar-refractivity contribution is 0.0600. The summed E-state index contributed by atoms with van der Waals surface area (Å²) in [6, 6.07) is 22.5. The Balaban J connectivity index is 1.60. The molecular formula is C22H21FN2O2.